The quantitative estimate of drug-likeness (QED) is 0.0347. The molecule has 0 aliphatic heterocycles. The summed E-state index contributed by atoms with van der Waals surface area (Å²) in [4.78, 5) is 125. The molecule has 15 N–H and O–H groups in total. The van der Waals surface area contributed by atoms with Gasteiger partial charge in [-0.1, -0.05) is 20.3 Å². The second kappa shape index (κ2) is 26.5. The molecule has 0 bridgehead atoms. The molecule has 58 heavy (non-hydrogen) atoms. The maximum Gasteiger partial charge on any atom is 0.326 e. The highest BCUT2D eigenvalue weighted by Gasteiger charge is 2.31. The molecule has 0 aromatic carbocycles. The first-order valence-corrected chi connectivity index (χ1v) is 18.9. The number of carbonyl (C=O) groups is 10. The third-order valence-electron chi connectivity index (χ3n) is 8.48. The van der Waals surface area contributed by atoms with E-state index in [-0.39, 0.29) is 18.8 Å². The number of nitrogens with one attached hydrogen (secondary N) is 8. The van der Waals surface area contributed by atoms with E-state index in [0.717, 1.165) is 0 Å². The average Bonchev–Trinajstić information content (AvgIpc) is 3.13. The highest BCUT2D eigenvalue weighted by molar-refractivity contribution is 5.97. The predicted octanol–water partition coefficient (Wildman–Crippen LogP) is -4.59. The lowest BCUT2D eigenvalue weighted by atomic mass is 10.0. The van der Waals surface area contributed by atoms with Gasteiger partial charge < -0.3 is 69.3 Å². The first kappa shape index (κ1) is 52.6. The van der Waals surface area contributed by atoms with Gasteiger partial charge in [0, 0.05) is 6.42 Å². The number of unbranched alkanes of at least 4 members (excludes halogenated alkanes) is 1. The molecule has 8 amide bonds. The van der Waals surface area contributed by atoms with Gasteiger partial charge in [0.2, 0.25) is 47.3 Å². The Morgan fingerprint density at radius 3 is 1.22 bits per heavy atom. The van der Waals surface area contributed by atoms with Crippen LogP contribution in [0, 0.1) is 5.92 Å². The third-order valence-corrected chi connectivity index (χ3v) is 8.48. The summed E-state index contributed by atoms with van der Waals surface area (Å²) in [6, 6.07) is -11.5. The molecule has 9 atom stereocenters. The van der Waals surface area contributed by atoms with Crippen LogP contribution in [0.5, 0.6) is 0 Å². The summed E-state index contributed by atoms with van der Waals surface area (Å²) >= 11 is 0. The Kier molecular flexibility index (Phi) is 24.0. The summed E-state index contributed by atoms with van der Waals surface area (Å²) in [5.74, 6) is -9.47. The Hall–Kier alpha value is -5.42. The fourth-order valence-corrected chi connectivity index (χ4v) is 4.91. The van der Waals surface area contributed by atoms with Gasteiger partial charge in [-0.05, 0) is 72.8 Å². The van der Waals surface area contributed by atoms with Crippen molar-refractivity contribution in [3.05, 3.63) is 0 Å². The highest BCUT2D eigenvalue weighted by atomic mass is 16.4. The van der Waals surface area contributed by atoms with Gasteiger partial charge in [-0.25, -0.2) is 4.79 Å². The Morgan fingerprint density at radius 2 is 0.845 bits per heavy atom. The molecule has 0 saturated heterocycles. The molecule has 0 radical (unpaired) electrons. The molecule has 0 aliphatic carbocycles. The second-order valence-corrected chi connectivity index (χ2v) is 14.3. The van der Waals surface area contributed by atoms with Crippen molar-refractivity contribution in [1.29, 1.82) is 0 Å². The number of carboxylic acids is 2. The molecular weight excluding hydrogens is 768 g/mol. The van der Waals surface area contributed by atoms with Gasteiger partial charge >= 0.3 is 11.9 Å². The van der Waals surface area contributed by atoms with Crippen molar-refractivity contribution in [3.8, 4) is 0 Å². The number of hydrogen-bond donors (Lipinski definition) is 13. The Labute approximate surface area is 336 Å². The van der Waals surface area contributed by atoms with Crippen LogP contribution in [0.15, 0.2) is 0 Å². The fraction of sp³-hybridized carbons (Fsp3) is 0.714. The molecule has 0 spiro atoms. The molecule has 330 valence electrons. The van der Waals surface area contributed by atoms with E-state index in [4.69, 9.17) is 16.6 Å². The van der Waals surface area contributed by atoms with Gasteiger partial charge in [-0.15, -0.1) is 0 Å². The SMILES string of the molecule is CC(C)C[C@H](NC(=O)[C@H](C)NC(=O)[C@H](CO)NC(=O)[C@H](C)NC(=O)[C@H](C)NC(=O)[C@H](C)NC(=O)[C@H](CCC(=O)O)NC(=O)[C@H](C)NC(=O)[C@@H](N)CCCCN)C(=O)O. The van der Waals surface area contributed by atoms with Crippen molar-refractivity contribution < 1.29 is 63.3 Å². The summed E-state index contributed by atoms with van der Waals surface area (Å²) < 4.78 is 0. The normalized spacial score (nSPS) is 15.6. The van der Waals surface area contributed by atoms with Gasteiger partial charge in [0.1, 0.15) is 48.3 Å². The van der Waals surface area contributed by atoms with Gasteiger partial charge in [0.05, 0.1) is 12.6 Å². The smallest absolute Gasteiger partial charge is 0.326 e. The minimum absolute atomic E-state index is 0.0570. The lowest BCUT2D eigenvalue weighted by Crippen LogP contribution is -2.59. The number of aliphatic hydroxyl groups is 1. The number of rotatable bonds is 27. The summed E-state index contributed by atoms with van der Waals surface area (Å²) in [5.41, 5.74) is 11.3. The standard InChI is InChI=1S/C35H62N10O13/c1-16(2)14-24(35(57)58)44-30(52)21(7)42-34(56)25(15-46)45-31(53)19(5)39-27(49)17(3)38-28(50)18(4)41-33(55)23(11-12-26(47)48)43-29(51)20(6)40-32(54)22(37)10-8-9-13-36/h16-25,46H,8-15,36-37H2,1-7H3,(H,38,50)(H,39,49)(H,40,54)(H,41,55)(H,42,56)(H,43,51)(H,44,52)(H,45,53)(H,47,48)(H,57,58)/t17-,18-,19-,20-,21-,22-,23-,24-,25-/m0/s1. The van der Waals surface area contributed by atoms with Crippen LogP contribution in [0.1, 0.15) is 87.0 Å². The van der Waals surface area contributed by atoms with Crippen LogP contribution in [0.25, 0.3) is 0 Å². The van der Waals surface area contributed by atoms with Crippen molar-refractivity contribution in [1.82, 2.24) is 42.5 Å². The third kappa shape index (κ3) is 20.1. The molecule has 0 saturated carbocycles. The van der Waals surface area contributed by atoms with Crippen LogP contribution >= 0.6 is 0 Å². The molecule has 0 aliphatic rings. The maximum absolute atomic E-state index is 13.1. The molecule has 0 fully saturated rings. The van der Waals surface area contributed by atoms with Crippen molar-refractivity contribution >= 4 is 59.2 Å². The Bertz CT molecular complexity index is 1460. The molecule has 23 heteroatoms. The fourth-order valence-electron chi connectivity index (χ4n) is 4.91. The average molecular weight is 831 g/mol. The zero-order valence-corrected chi connectivity index (χ0v) is 34.0. The first-order chi connectivity index (χ1) is 26.9. The number of carbonyl (C=O) groups excluding carboxylic acids is 8. The summed E-state index contributed by atoms with van der Waals surface area (Å²) in [7, 11) is 0. The van der Waals surface area contributed by atoms with E-state index in [1.807, 2.05) is 0 Å². The van der Waals surface area contributed by atoms with Gasteiger partial charge in [0.25, 0.3) is 0 Å². The maximum atomic E-state index is 13.1. The second-order valence-electron chi connectivity index (χ2n) is 14.3. The molecule has 0 unspecified atom stereocenters. The van der Waals surface area contributed by atoms with Crippen molar-refractivity contribution in [2.24, 2.45) is 17.4 Å². The minimum atomic E-state index is -1.57. The van der Waals surface area contributed by atoms with Gasteiger partial charge in [-0.3, -0.25) is 43.2 Å². The minimum Gasteiger partial charge on any atom is -0.481 e. The molecular formula is C35H62N10O13. The van der Waals surface area contributed by atoms with Crippen molar-refractivity contribution in [2.75, 3.05) is 13.2 Å². The van der Waals surface area contributed by atoms with Crippen LogP contribution in [-0.4, -0.2) is 142 Å². The lowest BCUT2D eigenvalue weighted by molar-refractivity contribution is -0.142. The van der Waals surface area contributed by atoms with E-state index in [0.29, 0.717) is 25.8 Å². The molecule has 0 aromatic rings. The Balaban J connectivity index is 5.27. The molecule has 23 nitrogen and oxygen atoms in total. The monoisotopic (exact) mass is 830 g/mol. The number of amides is 8. The summed E-state index contributed by atoms with van der Waals surface area (Å²) in [6.07, 6.45) is 0.780. The Morgan fingerprint density at radius 1 is 0.483 bits per heavy atom. The zero-order valence-electron chi connectivity index (χ0n) is 34.0. The van der Waals surface area contributed by atoms with Crippen LogP contribution in [0.4, 0.5) is 0 Å². The van der Waals surface area contributed by atoms with Gasteiger partial charge in [-0.2, -0.15) is 0 Å². The van der Waals surface area contributed by atoms with E-state index in [9.17, 15) is 58.2 Å². The van der Waals surface area contributed by atoms with Crippen LogP contribution < -0.4 is 54.0 Å². The number of carboxylic acid groups (broad SMARTS) is 2. The number of nitrogens with two attached hydrogens (primary N) is 2. The predicted molar refractivity (Wildman–Crippen MR) is 206 cm³/mol. The zero-order chi connectivity index (χ0) is 44.9. The number of aliphatic carboxylic acids is 2. The number of hydrogen-bond acceptors (Lipinski definition) is 13. The van der Waals surface area contributed by atoms with Crippen LogP contribution in [0.3, 0.4) is 0 Å². The van der Waals surface area contributed by atoms with E-state index >= 15 is 0 Å². The van der Waals surface area contributed by atoms with Crippen molar-refractivity contribution in [2.45, 2.75) is 141 Å². The van der Waals surface area contributed by atoms with E-state index in [1.54, 1.807) is 13.8 Å². The van der Waals surface area contributed by atoms with E-state index in [2.05, 4.69) is 42.5 Å². The topological polar surface area (TPSA) is 380 Å². The largest absolute Gasteiger partial charge is 0.481 e. The molecule has 0 heterocycles. The van der Waals surface area contributed by atoms with Crippen LogP contribution in [0.2, 0.25) is 0 Å². The molecule has 0 rings (SSSR count). The van der Waals surface area contributed by atoms with Crippen LogP contribution in [-0.2, 0) is 47.9 Å². The van der Waals surface area contributed by atoms with Gasteiger partial charge in [0.15, 0.2) is 0 Å². The highest BCUT2D eigenvalue weighted by Crippen LogP contribution is 2.06. The molecule has 0 aromatic heterocycles. The lowest BCUT2D eigenvalue weighted by Gasteiger charge is -2.24. The van der Waals surface area contributed by atoms with E-state index in [1.165, 1.54) is 34.6 Å². The first-order valence-electron chi connectivity index (χ1n) is 18.9. The number of aliphatic hydroxyl groups excluding tert-OH is 1. The summed E-state index contributed by atoms with van der Waals surface area (Å²) in [5, 5.41) is 46.8. The van der Waals surface area contributed by atoms with E-state index < -0.39 is 127 Å². The summed E-state index contributed by atoms with van der Waals surface area (Å²) in [6.45, 7) is 9.39. The van der Waals surface area contributed by atoms with Crippen molar-refractivity contribution in [3.63, 3.8) is 0 Å².